The number of alkyl halides is 3. The molecule has 3 aromatic rings. The molecule has 4 rings (SSSR count). The van der Waals surface area contributed by atoms with Crippen LogP contribution in [0.3, 0.4) is 0 Å². The van der Waals surface area contributed by atoms with Crippen molar-refractivity contribution in [3.8, 4) is 0 Å². The maximum absolute atomic E-state index is 13.3. The lowest BCUT2D eigenvalue weighted by atomic mass is 10.1. The van der Waals surface area contributed by atoms with Gasteiger partial charge in [-0.2, -0.15) is 13.2 Å². The SMILES string of the molecule is Cc1nc(C)c2c(C)c(C(=O)Nc3cc(C(F)(F)F)ccc3N3CCCC3)sc2n1. The van der Waals surface area contributed by atoms with Crippen LogP contribution in [0, 0.1) is 20.8 Å². The van der Waals surface area contributed by atoms with Gasteiger partial charge in [0.2, 0.25) is 0 Å². The number of halogens is 3. The topological polar surface area (TPSA) is 58.1 Å². The van der Waals surface area contributed by atoms with Crippen molar-refractivity contribution in [1.82, 2.24) is 9.97 Å². The fourth-order valence-electron chi connectivity index (χ4n) is 3.92. The molecule has 1 aliphatic rings. The summed E-state index contributed by atoms with van der Waals surface area (Å²) in [5.74, 6) is 0.176. The first-order valence-corrected chi connectivity index (χ1v) is 10.5. The van der Waals surface area contributed by atoms with E-state index in [0.29, 0.717) is 21.2 Å². The number of hydrogen-bond acceptors (Lipinski definition) is 5. The number of fused-ring (bicyclic) bond motifs is 1. The van der Waals surface area contributed by atoms with Gasteiger partial charge >= 0.3 is 6.18 Å². The molecule has 1 aliphatic heterocycles. The number of amides is 1. The van der Waals surface area contributed by atoms with E-state index in [-0.39, 0.29) is 5.69 Å². The highest BCUT2D eigenvalue weighted by molar-refractivity contribution is 7.20. The largest absolute Gasteiger partial charge is 0.416 e. The molecular weight excluding hydrogens is 413 g/mol. The van der Waals surface area contributed by atoms with Gasteiger partial charge in [-0.1, -0.05) is 0 Å². The van der Waals surface area contributed by atoms with Crippen molar-refractivity contribution in [3.63, 3.8) is 0 Å². The maximum Gasteiger partial charge on any atom is 0.416 e. The zero-order chi connectivity index (χ0) is 21.6. The second-order valence-electron chi connectivity index (χ2n) is 7.47. The number of rotatable bonds is 3. The number of carbonyl (C=O) groups is 1. The van der Waals surface area contributed by atoms with E-state index in [9.17, 15) is 18.0 Å². The molecule has 1 N–H and O–H groups in total. The molecule has 0 bridgehead atoms. The molecule has 1 saturated heterocycles. The Morgan fingerprint density at radius 2 is 1.83 bits per heavy atom. The number of nitrogens with one attached hydrogen (secondary N) is 1. The molecule has 0 spiro atoms. The number of aryl methyl sites for hydroxylation is 3. The third-order valence-electron chi connectivity index (χ3n) is 5.31. The van der Waals surface area contributed by atoms with Crippen LogP contribution in [0.5, 0.6) is 0 Å². The Kier molecular flexibility index (Phi) is 5.17. The van der Waals surface area contributed by atoms with E-state index in [4.69, 9.17) is 0 Å². The minimum Gasteiger partial charge on any atom is -0.370 e. The molecule has 0 radical (unpaired) electrons. The van der Waals surface area contributed by atoms with Gasteiger partial charge in [-0.3, -0.25) is 4.79 Å². The number of benzene rings is 1. The summed E-state index contributed by atoms with van der Waals surface area (Å²) in [4.78, 5) is 25.0. The summed E-state index contributed by atoms with van der Waals surface area (Å²) in [7, 11) is 0. The van der Waals surface area contributed by atoms with Crippen LogP contribution in [0.15, 0.2) is 18.2 Å². The minimum atomic E-state index is -4.49. The fraction of sp³-hybridized carbons (Fsp3) is 0.381. The van der Waals surface area contributed by atoms with Crippen molar-refractivity contribution in [2.75, 3.05) is 23.3 Å². The van der Waals surface area contributed by atoms with Crippen LogP contribution >= 0.6 is 11.3 Å². The van der Waals surface area contributed by atoms with Gasteiger partial charge in [-0.05, 0) is 57.4 Å². The molecule has 2 aromatic heterocycles. The summed E-state index contributed by atoms with van der Waals surface area (Å²) in [6.45, 7) is 6.96. The van der Waals surface area contributed by atoms with Gasteiger partial charge in [0.25, 0.3) is 5.91 Å². The van der Waals surface area contributed by atoms with Crippen LogP contribution in [0.25, 0.3) is 10.2 Å². The van der Waals surface area contributed by atoms with Crippen LogP contribution in [-0.2, 0) is 6.18 Å². The third kappa shape index (κ3) is 3.74. The van der Waals surface area contributed by atoms with Crippen molar-refractivity contribution in [1.29, 1.82) is 0 Å². The molecule has 1 fully saturated rings. The van der Waals surface area contributed by atoms with Gasteiger partial charge < -0.3 is 10.2 Å². The molecular formula is C21H21F3N4OS. The molecule has 0 saturated carbocycles. The molecule has 1 aromatic carbocycles. The zero-order valence-electron chi connectivity index (χ0n) is 16.9. The van der Waals surface area contributed by atoms with E-state index in [2.05, 4.69) is 15.3 Å². The van der Waals surface area contributed by atoms with Crippen LogP contribution in [0.2, 0.25) is 0 Å². The molecule has 158 valence electrons. The highest BCUT2D eigenvalue weighted by Gasteiger charge is 2.32. The summed E-state index contributed by atoms with van der Waals surface area (Å²) < 4.78 is 39.9. The quantitative estimate of drug-likeness (QED) is 0.592. The van der Waals surface area contributed by atoms with Gasteiger partial charge in [0.05, 0.1) is 21.8 Å². The predicted octanol–water partition coefficient (Wildman–Crippen LogP) is 5.49. The monoisotopic (exact) mass is 434 g/mol. The van der Waals surface area contributed by atoms with Gasteiger partial charge in [-0.25, -0.2) is 9.97 Å². The Bertz CT molecular complexity index is 1130. The second kappa shape index (κ2) is 7.54. The molecule has 5 nitrogen and oxygen atoms in total. The molecule has 1 amide bonds. The van der Waals surface area contributed by atoms with Crippen molar-refractivity contribution < 1.29 is 18.0 Å². The Morgan fingerprint density at radius 1 is 1.13 bits per heavy atom. The van der Waals surface area contributed by atoms with Crippen molar-refractivity contribution >= 4 is 38.8 Å². The Labute approximate surface area is 175 Å². The minimum absolute atomic E-state index is 0.174. The average Bonchev–Trinajstić information content (AvgIpc) is 3.29. The first kappa shape index (κ1) is 20.6. The van der Waals surface area contributed by atoms with Gasteiger partial charge in [0.15, 0.2) is 0 Å². The molecule has 9 heteroatoms. The molecule has 30 heavy (non-hydrogen) atoms. The lowest BCUT2D eigenvalue weighted by Gasteiger charge is -2.23. The first-order valence-electron chi connectivity index (χ1n) is 9.67. The number of carbonyl (C=O) groups excluding carboxylic acids is 1. The Balaban J connectivity index is 1.74. The number of nitrogens with zero attached hydrogens (tertiary/aromatic N) is 3. The molecule has 0 aliphatic carbocycles. The second-order valence-corrected chi connectivity index (χ2v) is 8.47. The zero-order valence-corrected chi connectivity index (χ0v) is 17.7. The van der Waals surface area contributed by atoms with E-state index in [1.54, 1.807) is 6.92 Å². The van der Waals surface area contributed by atoms with Gasteiger partial charge in [0.1, 0.15) is 10.7 Å². The normalized spacial score (nSPS) is 14.5. The van der Waals surface area contributed by atoms with E-state index in [1.807, 2.05) is 18.7 Å². The lowest BCUT2D eigenvalue weighted by Crippen LogP contribution is -2.22. The van der Waals surface area contributed by atoms with E-state index in [1.165, 1.54) is 17.4 Å². The van der Waals surface area contributed by atoms with Crippen LogP contribution in [0.1, 0.15) is 45.2 Å². The smallest absolute Gasteiger partial charge is 0.370 e. The van der Waals surface area contributed by atoms with Gasteiger partial charge in [-0.15, -0.1) is 11.3 Å². The summed E-state index contributed by atoms with van der Waals surface area (Å²) in [5, 5.41) is 3.55. The summed E-state index contributed by atoms with van der Waals surface area (Å²) in [5.41, 5.74) is 1.51. The van der Waals surface area contributed by atoms with E-state index < -0.39 is 17.6 Å². The highest BCUT2D eigenvalue weighted by Crippen LogP contribution is 2.38. The van der Waals surface area contributed by atoms with E-state index in [0.717, 1.165) is 54.7 Å². The fourth-order valence-corrected chi connectivity index (χ4v) is 5.09. The lowest BCUT2D eigenvalue weighted by molar-refractivity contribution is -0.137. The number of thiophene rings is 1. The number of anilines is 2. The average molecular weight is 434 g/mol. The Morgan fingerprint density at radius 3 is 2.50 bits per heavy atom. The van der Waals surface area contributed by atoms with Crippen LogP contribution in [0.4, 0.5) is 24.5 Å². The Hall–Kier alpha value is -2.68. The molecule has 3 heterocycles. The molecule has 0 atom stereocenters. The third-order valence-corrected chi connectivity index (χ3v) is 6.49. The number of hydrogen-bond donors (Lipinski definition) is 1. The van der Waals surface area contributed by atoms with Crippen LogP contribution in [-0.4, -0.2) is 29.0 Å². The number of aromatic nitrogens is 2. The predicted molar refractivity (Wildman–Crippen MR) is 112 cm³/mol. The standard InChI is InChI=1S/C21H21F3N4OS/c1-11-17-12(2)25-13(3)26-20(17)30-18(11)19(29)27-15-10-14(21(22,23)24)6-7-16(15)28-8-4-5-9-28/h6-7,10H,4-5,8-9H2,1-3H3,(H,27,29). The summed E-state index contributed by atoms with van der Waals surface area (Å²) >= 11 is 1.23. The van der Waals surface area contributed by atoms with Crippen LogP contribution < -0.4 is 10.2 Å². The van der Waals surface area contributed by atoms with Crippen molar-refractivity contribution in [2.45, 2.75) is 39.8 Å². The van der Waals surface area contributed by atoms with E-state index >= 15 is 0 Å². The summed E-state index contributed by atoms with van der Waals surface area (Å²) in [6.07, 6.45) is -2.54. The van der Waals surface area contributed by atoms with Crippen molar-refractivity contribution in [2.24, 2.45) is 0 Å². The maximum atomic E-state index is 13.3. The summed E-state index contributed by atoms with van der Waals surface area (Å²) in [6, 6.07) is 3.53. The first-order chi connectivity index (χ1) is 14.1. The van der Waals surface area contributed by atoms with Crippen molar-refractivity contribution in [3.05, 3.63) is 45.7 Å². The molecule has 0 unspecified atom stereocenters. The van der Waals surface area contributed by atoms with Gasteiger partial charge in [0, 0.05) is 24.2 Å². The highest BCUT2D eigenvalue weighted by atomic mass is 32.1.